The summed E-state index contributed by atoms with van der Waals surface area (Å²) < 4.78 is 17.4. The number of rotatable bonds is 5. The Kier molecular flexibility index (Phi) is 6.77. The van der Waals surface area contributed by atoms with Gasteiger partial charge >= 0.3 is 0 Å². The molecule has 0 aromatic carbocycles. The molecule has 1 amide bonds. The fraction of sp³-hybridized carbons (Fsp3) is 0.933. The second-order valence-electron chi connectivity index (χ2n) is 7.11. The van der Waals surface area contributed by atoms with E-state index in [1.807, 2.05) is 33.9 Å². The Labute approximate surface area is 139 Å². The molecule has 3 N–H and O–H groups in total. The van der Waals surface area contributed by atoms with E-state index < -0.39 is 44.2 Å². The van der Waals surface area contributed by atoms with Gasteiger partial charge in [-0.15, -0.1) is 0 Å². The Morgan fingerprint density at radius 1 is 1.30 bits per heavy atom. The average molecular weight is 348 g/mol. The van der Waals surface area contributed by atoms with E-state index in [0.29, 0.717) is 0 Å². The van der Waals surface area contributed by atoms with Gasteiger partial charge in [-0.05, 0) is 20.8 Å². The molecule has 0 aromatic heterocycles. The van der Waals surface area contributed by atoms with Gasteiger partial charge in [-0.3, -0.25) is 4.79 Å². The SMILES string of the molecule is CO[C@]1([Si](C)C)O[C@H](COC(C)(C)C)[C@@H](O)[C@H](O)[C@H]1NC(C)=O. The van der Waals surface area contributed by atoms with Crippen molar-refractivity contribution in [1.82, 2.24) is 5.32 Å². The number of aliphatic hydroxyl groups excluding tert-OH is 2. The summed E-state index contributed by atoms with van der Waals surface area (Å²) in [4.78, 5) is 11.5. The van der Waals surface area contributed by atoms with Gasteiger partial charge in [0.15, 0.2) is 5.41 Å². The van der Waals surface area contributed by atoms with Crippen LogP contribution in [0.25, 0.3) is 0 Å². The molecule has 1 saturated heterocycles. The first-order valence-electron chi connectivity index (χ1n) is 7.75. The first-order valence-corrected chi connectivity index (χ1v) is 10.3. The Morgan fingerprint density at radius 2 is 1.87 bits per heavy atom. The molecule has 0 aromatic rings. The van der Waals surface area contributed by atoms with Crippen LogP contribution in [0, 0.1) is 0 Å². The van der Waals surface area contributed by atoms with Crippen LogP contribution >= 0.6 is 0 Å². The normalized spacial score (nSPS) is 35.4. The van der Waals surface area contributed by atoms with Crippen molar-refractivity contribution in [2.45, 2.75) is 76.2 Å². The molecule has 5 atom stereocenters. The third-order valence-corrected chi connectivity index (χ3v) is 5.87. The van der Waals surface area contributed by atoms with E-state index in [1.165, 1.54) is 14.0 Å². The Morgan fingerprint density at radius 3 is 2.26 bits per heavy atom. The van der Waals surface area contributed by atoms with E-state index in [4.69, 9.17) is 14.2 Å². The van der Waals surface area contributed by atoms with E-state index in [1.54, 1.807) is 0 Å². The topological polar surface area (TPSA) is 97.2 Å². The molecule has 1 radical (unpaired) electrons. The number of nitrogens with one attached hydrogen (secondary N) is 1. The minimum Gasteiger partial charge on any atom is -0.388 e. The Balaban J connectivity index is 3.08. The molecule has 0 bridgehead atoms. The van der Waals surface area contributed by atoms with E-state index in [0.717, 1.165) is 0 Å². The Hall–Kier alpha value is -0.513. The Bertz CT molecular complexity index is 413. The maximum absolute atomic E-state index is 11.5. The number of ether oxygens (including phenoxy) is 3. The molecular formula is C15H30NO6Si. The van der Waals surface area contributed by atoms with E-state index in [2.05, 4.69) is 5.32 Å². The summed E-state index contributed by atoms with van der Waals surface area (Å²) in [5, 5.41) is 23.6. The van der Waals surface area contributed by atoms with Gasteiger partial charge in [0.1, 0.15) is 33.2 Å². The van der Waals surface area contributed by atoms with Crippen molar-refractivity contribution in [1.29, 1.82) is 0 Å². The summed E-state index contributed by atoms with van der Waals surface area (Å²) >= 11 is 0. The van der Waals surface area contributed by atoms with Crippen molar-refractivity contribution >= 4 is 14.7 Å². The molecule has 1 aliphatic rings. The highest BCUT2D eigenvalue weighted by Crippen LogP contribution is 2.33. The molecule has 0 aliphatic carbocycles. The van der Waals surface area contributed by atoms with E-state index in [9.17, 15) is 15.0 Å². The molecular weight excluding hydrogens is 318 g/mol. The summed E-state index contributed by atoms with van der Waals surface area (Å²) in [5.74, 6) is -0.320. The lowest BCUT2D eigenvalue weighted by atomic mass is 9.96. The molecule has 1 rings (SSSR count). The monoisotopic (exact) mass is 348 g/mol. The highest BCUT2D eigenvalue weighted by atomic mass is 28.3. The molecule has 135 valence electrons. The van der Waals surface area contributed by atoms with Crippen LogP contribution in [-0.4, -0.2) is 74.0 Å². The van der Waals surface area contributed by atoms with Crippen LogP contribution < -0.4 is 5.32 Å². The number of amides is 1. The minimum atomic E-state index is -1.27. The van der Waals surface area contributed by atoms with Crippen LogP contribution in [0.15, 0.2) is 0 Å². The zero-order chi connectivity index (χ0) is 18.0. The van der Waals surface area contributed by atoms with Crippen molar-refractivity contribution < 1.29 is 29.2 Å². The number of carbonyl (C=O) groups is 1. The maximum Gasteiger partial charge on any atom is 0.217 e. The van der Waals surface area contributed by atoms with Crippen LogP contribution in [0.3, 0.4) is 0 Å². The average Bonchev–Trinajstić information content (AvgIpc) is 2.42. The zero-order valence-corrected chi connectivity index (χ0v) is 16.0. The lowest BCUT2D eigenvalue weighted by molar-refractivity contribution is -0.295. The standard InChI is InChI=1S/C15H30NO6Si/c1-9(17)16-13-12(19)11(18)10(8-21-14(2,3)4)22-15(13,20-5)23(6)7/h10-13,18-19H,8H2,1-7H3,(H,16,17)/t10-,11-,12+,13-,15+/m1/s1. The number of methoxy groups -OCH3 is 1. The summed E-state index contributed by atoms with van der Waals surface area (Å²) in [6.07, 6.45) is -3.13. The summed E-state index contributed by atoms with van der Waals surface area (Å²) in [7, 11) is 0.219. The van der Waals surface area contributed by atoms with Crippen LogP contribution in [0.4, 0.5) is 0 Å². The van der Waals surface area contributed by atoms with Crippen molar-refractivity contribution in [3.05, 3.63) is 0 Å². The highest BCUT2D eigenvalue weighted by Gasteiger charge is 2.56. The van der Waals surface area contributed by atoms with Gasteiger partial charge in [-0.1, -0.05) is 13.1 Å². The molecule has 7 nitrogen and oxygen atoms in total. The van der Waals surface area contributed by atoms with Crippen molar-refractivity contribution in [2.24, 2.45) is 0 Å². The predicted octanol–water partition coefficient (Wildman–Crippen LogP) is 0.0631. The molecule has 0 saturated carbocycles. The molecule has 1 aliphatic heterocycles. The quantitative estimate of drug-likeness (QED) is 0.608. The molecule has 1 heterocycles. The van der Waals surface area contributed by atoms with Crippen molar-refractivity contribution in [2.75, 3.05) is 13.7 Å². The van der Waals surface area contributed by atoms with E-state index in [-0.39, 0.29) is 12.5 Å². The highest BCUT2D eigenvalue weighted by molar-refractivity contribution is 6.59. The van der Waals surface area contributed by atoms with Crippen molar-refractivity contribution in [3.8, 4) is 0 Å². The second kappa shape index (κ2) is 7.58. The molecule has 1 fully saturated rings. The maximum atomic E-state index is 11.5. The summed E-state index contributed by atoms with van der Waals surface area (Å²) in [6, 6.07) is -0.838. The van der Waals surface area contributed by atoms with Crippen LogP contribution in [0.1, 0.15) is 27.7 Å². The van der Waals surface area contributed by atoms with Crippen LogP contribution in [-0.2, 0) is 19.0 Å². The minimum absolute atomic E-state index is 0.120. The molecule has 0 unspecified atom stereocenters. The van der Waals surface area contributed by atoms with Gasteiger partial charge in [-0.25, -0.2) is 0 Å². The predicted molar refractivity (Wildman–Crippen MR) is 87.4 cm³/mol. The van der Waals surface area contributed by atoms with Gasteiger partial charge in [0.25, 0.3) is 0 Å². The fourth-order valence-corrected chi connectivity index (χ4v) is 4.34. The van der Waals surface area contributed by atoms with E-state index >= 15 is 0 Å². The summed E-state index contributed by atoms with van der Waals surface area (Å²) in [6.45, 7) is 11.1. The number of carbonyl (C=O) groups excluding carboxylic acids is 1. The van der Waals surface area contributed by atoms with Gasteiger partial charge in [0, 0.05) is 14.0 Å². The van der Waals surface area contributed by atoms with Gasteiger partial charge in [-0.2, -0.15) is 0 Å². The molecule has 23 heavy (non-hydrogen) atoms. The van der Waals surface area contributed by atoms with Gasteiger partial charge in [0.2, 0.25) is 5.91 Å². The van der Waals surface area contributed by atoms with Crippen LogP contribution in [0.5, 0.6) is 0 Å². The van der Waals surface area contributed by atoms with Crippen LogP contribution in [0.2, 0.25) is 13.1 Å². The lowest BCUT2D eigenvalue weighted by Crippen LogP contribution is -2.74. The third kappa shape index (κ3) is 4.74. The number of hydrogen-bond donors (Lipinski definition) is 3. The lowest BCUT2D eigenvalue weighted by Gasteiger charge is -2.52. The smallest absolute Gasteiger partial charge is 0.217 e. The third-order valence-electron chi connectivity index (χ3n) is 3.85. The summed E-state index contributed by atoms with van der Waals surface area (Å²) in [5.41, 5.74) is -1.55. The van der Waals surface area contributed by atoms with Gasteiger partial charge < -0.3 is 29.7 Å². The number of aliphatic hydroxyl groups is 2. The largest absolute Gasteiger partial charge is 0.388 e. The zero-order valence-electron chi connectivity index (χ0n) is 15.0. The second-order valence-corrected chi connectivity index (χ2v) is 9.81. The van der Waals surface area contributed by atoms with Gasteiger partial charge in [0.05, 0.1) is 12.2 Å². The molecule has 0 spiro atoms. The first kappa shape index (κ1) is 20.5. The number of hydrogen-bond acceptors (Lipinski definition) is 6. The molecule has 8 heteroatoms. The van der Waals surface area contributed by atoms with Crippen molar-refractivity contribution in [3.63, 3.8) is 0 Å². The first-order chi connectivity index (χ1) is 10.4. The fourth-order valence-electron chi connectivity index (χ4n) is 2.68.